The second kappa shape index (κ2) is 5.81. The van der Waals surface area contributed by atoms with Crippen molar-refractivity contribution >= 4 is 0 Å². The lowest BCUT2D eigenvalue weighted by molar-refractivity contribution is 0.435. The zero-order chi connectivity index (χ0) is 11.3. The number of nitrogens with zero attached hydrogens (tertiary/aromatic N) is 1. The molecule has 0 saturated heterocycles. The lowest BCUT2D eigenvalue weighted by Crippen LogP contribution is -2.15. The van der Waals surface area contributed by atoms with Gasteiger partial charge in [0, 0.05) is 6.04 Å². The lowest BCUT2D eigenvalue weighted by atomic mass is 9.96. The van der Waals surface area contributed by atoms with Crippen LogP contribution in [0.4, 0.5) is 4.39 Å². The molecule has 0 fully saturated rings. The van der Waals surface area contributed by atoms with Gasteiger partial charge in [-0.05, 0) is 24.5 Å². The molecule has 0 bridgehead atoms. The second-order valence-corrected chi connectivity index (χ2v) is 4.14. The van der Waals surface area contributed by atoms with Crippen molar-refractivity contribution in [3.8, 4) is 0 Å². The van der Waals surface area contributed by atoms with E-state index in [4.69, 9.17) is 5.73 Å². The number of halogens is 1. The fourth-order valence-corrected chi connectivity index (χ4v) is 1.77. The topological polar surface area (TPSA) is 38.9 Å². The van der Waals surface area contributed by atoms with Gasteiger partial charge in [-0.15, -0.1) is 0 Å². The van der Waals surface area contributed by atoms with Gasteiger partial charge in [0.1, 0.15) is 5.82 Å². The molecule has 15 heavy (non-hydrogen) atoms. The summed E-state index contributed by atoms with van der Waals surface area (Å²) in [6.45, 7) is 4.35. The van der Waals surface area contributed by atoms with Crippen LogP contribution in [-0.2, 0) is 0 Å². The number of rotatable bonds is 5. The van der Waals surface area contributed by atoms with Crippen LogP contribution in [0.5, 0.6) is 0 Å². The highest BCUT2D eigenvalue weighted by molar-refractivity contribution is 5.09. The Bertz CT molecular complexity index is 284. The molecule has 0 spiro atoms. The summed E-state index contributed by atoms with van der Waals surface area (Å²) in [6.07, 6.45) is 4.48. The molecule has 2 atom stereocenters. The number of hydrogen-bond acceptors (Lipinski definition) is 2. The first-order chi connectivity index (χ1) is 7.13. The summed E-state index contributed by atoms with van der Waals surface area (Å²) in [7, 11) is 0. The third-order valence-electron chi connectivity index (χ3n) is 2.57. The molecule has 0 aliphatic heterocycles. The van der Waals surface area contributed by atoms with Crippen LogP contribution in [0.15, 0.2) is 18.3 Å². The normalized spacial score (nSPS) is 14.9. The van der Waals surface area contributed by atoms with Crippen molar-refractivity contribution < 1.29 is 4.39 Å². The minimum atomic E-state index is -0.312. The van der Waals surface area contributed by atoms with Crippen molar-refractivity contribution in [2.24, 2.45) is 11.7 Å². The lowest BCUT2D eigenvalue weighted by Gasteiger charge is -2.16. The summed E-state index contributed by atoms with van der Waals surface area (Å²) in [6, 6.07) is 3.00. The summed E-state index contributed by atoms with van der Waals surface area (Å²) < 4.78 is 12.6. The molecule has 1 heterocycles. The maximum Gasteiger partial charge on any atom is 0.141 e. The molecule has 0 aliphatic rings. The molecule has 1 aromatic heterocycles. The Labute approximate surface area is 90.7 Å². The van der Waals surface area contributed by atoms with Gasteiger partial charge in [-0.1, -0.05) is 26.7 Å². The molecule has 84 valence electrons. The van der Waals surface area contributed by atoms with Crippen LogP contribution in [0.1, 0.15) is 44.8 Å². The Morgan fingerprint density at radius 2 is 2.20 bits per heavy atom. The van der Waals surface area contributed by atoms with Gasteiger partial charge in [0.25, 0.3) is 0 Å². The van der Waals surface area contributed by atoms with E-state index in [9.17, 15) is 4.39 Å². The summed E-state index contributed by atoms with van der Waals surface area (Å²) >= 11 is 0. The standard InChI is InChI=1S/C12H19FN2/c1-3-4-9(2)7-11(14)12-6-5-10(13)8-15-12/h5-6,8-9,11H,3-4,7,14H2,1-2H3. The molecule has 0 aliphatic carbocycles. The molecule has 0 amide bonds. The third-order valence-corrected chi connectivity index (χ3v) is 2.57. The van der Waals surface area contributed by atoms with Gasteiger partial charge in [-0.3, -0.25) is 4.98 Å². The minimum Gasteiger partial charge on any atom is -0.323 e. The highest BCUT2D eigenvalue weighted by Crippen LogP contribution is 2.20. The van der Waals surface area contributed by atoms with Crippen molar-refractivity contribution in [2.75, 3.05) is 0 Å². The maximum atomic E-state index is 12.6. The van der Waals surface area contributed by atoms with Gasteiger partial charge in [-0.2, -0.15) is 0 Å². The van der Waals surface area contributed by atoms with E-state index in [2.05, 4.69) is 18.8 Å². The number of hydrogen-bond donors (Lipinski definition) is 1. The third kappa shape index (κ3) is 3.96. The first-order valence-electron chi connectivity index (χ1n) is 5.50. The molecule has 3 heteroatoms. The van der Waals surface area contributed by atoms with E-state index in [1.54, 1.807) is 6.07 Å². The van der Waals surface area contributed by atoms with E-state index in [-0.39, 0.29) is 11.9 Å². The van der Waals surface area contributed by atoms with Gasteiger partial charge < -0.3 is 5.73 Å². The molecule has 2 nitrogen and oxygen atoms in total. The van der Waals surface area contributed by atoms with E-state index in [1.807, 2.05) is 0 Å². The van der Waals surface area contributed by atoms with Crippen LogP contribution in [0, 0.1) is 11.7 Å². The zero-order valence-corrected chi connectivity index (χ0v) is 9.41. The van der Waals surface area contributed by atoms with E-state index in [0.717, 1.165) is 12.1 Å². The highest BCUT2D eigenvalue weighted by atomic mass is 19.1. The monoisotopic (exact) mass is 210 g/mol. The predicted octanol–water partition coefficient (Wildman–Crippen LogP) is 3.05. The van der Waals surface area contributed by atoms with E-state index >= 15 is 0 Å². The quantitative estimate of drug-likeness (QED) is 0.811. The smallest absolute Gasteiger partial charge is 0.141 e. The average molecular weight is 210 g/mol. The van der Waals surface area contributed by atoms with Crippen LogP contribution in [0.2, 0.25) is 0 Å². The van der Waals surface area contributed by atoms with Crippen LogP contribution >= 0.6 is 0 Å². The first kappa shape index (κ1) is 12.1. The molecule has 1 rings (SSSR count). The van der Waals surface area contributed by atoms with Crippen LogP contribution in [0.3, 0.4) is 0 Å². The van der Waals surface area contributed by atoms with E-state index in [0.29, 0.717) is 5.92 Å². The fraction of sp³-hybridized carbons (Fsp3) is 0.583. The molecule has 2 N–H and O–H groups in total. The molecule has 0 radical (unpaired) electrons. The molecular formula is C12H19FN2. The number of pyridine rings is 1. The summed E-state index contributed by atoms with van der Waals surface area (Å²) in [5.41, 5.74) is 6.77. The SMILES string of the molecule is CCCC(C)CC(N)c1ccc(F)cn1. The van der Waals surface area contributed by atoms with E-state index < -0.39 is 0 Å². The molecule has 1 aromatic rings. The Balaban J connectivity index is 2.53. The van der Waals surface area contributed by atoms with Gasteiger partial charge in [-0.25, -0.2) is 4.39 Å². The Morgan fingerprint density at radius 3 is 2.73 bits per heavy atom. The van der Waals surface area contributed by atoms with Gasteiger partial charge >= 0.3 is 0 Å². The average Bonchev–Trinajstić information content (AvgIpc) is 2.18. The molecule has 0 saturated carbocycles. The largest absolute Gasteiger partial charge is 0.323 e. The van der Waals surface area contributed by atoms with Crippen LogP contribution < -0.4 is 5.73 Å². The molecular weight excluding hydrogens is 191 g/mol. The Morgan fingerprint density at radius 1 is 1.47 bits per heavy atom. The molecule has 2 unspecified atom stereocenters. The van der Waals surface area contributed by atoms with Crippen LogP contribution in [0.25, 0.3) is 0 Å². The minimum absolute atomic E-state index is 0.0767. The van der Waals surface area contributed by atoms with Crippen molar-refractivity contribution in [3.63, 3.8) is 0 Å². The van der Waals surface area contributed by atoms with Crippen molar-refractivity contribution in [3.05, 3.63) is 29.8 Å². The van der Waals surface area contributed by atoms with Gasteiger partial charge in [0.2, 0.25) is 0 Å². The Kier molecular flexibility index (Phi) is 4.69. The maximum absolute atomic E-state index is 12.6. The Hall–Kier alpha value is -0.960. The summed E-state index contributed by atoms with van der Waals surface area (Å²) in [4.78, 5) is 3.99. The van der Waals surface area contributed by atoms with Crippen molar-refractivity contribution in [2.45, 2.75) is 39.2 Å². The highest BCUT2D eigenvalue weighted by Gasteiger charge is 2.11. The number of nitrogens with two attached hydrogens (primary N) is 1. The fourth-order valence-electron chi connectivity index (χ4n) is 1.77. The summed E-state index contributed by atoms with van der Waals surface area (Å²) in [5, 5.41) is 0. The predicted molar refractivity (Wildman–Crippen MR) is 59.8 cm³/mol. The van der Waals surface area contributed by atoms with Gasteiger partial charge in [0.05, 0.1) is 11.9 Å². The summed E-state index contributed by atoms with van der Waals surface area (Å²) in [5.74, 6) is 0.282. The van der Waals surface area contributed by atoms with E-state index in [1.165, 1.54) is 25.1 Å². The zero-order valence-electron chi connectivity index (χ0n) is 9.41. The second-order valence-electron chi connectivity index (χ2n) is 4.14. The number of aromatic nitrogens is 1. The first-order valence-corrected chi connectivity index (χ1v) is 5.50. The van der Waals surface area contributed by atoms with Crippen molar-refractivity contribution in [1.29, 1.82) is 0 Å². The van der Waals surface area contributed by atoms with Crippen molar-refractivity contribution in [1.82, 2.24) is 4.98 Å². The molecule has 0 aromatic carbocycles. The van der Waals surface area contributed by atoms with Gasteiger partial charge in [0.15, 0.2) is 0 Å². The van der Waals surface area contributed by atoms with Crippen LogP contribution in [-0.4, -0.2) is 4.98 Å².